The largest absolute Gasteiger partial charge is 0.472 e. The summed E-state index contributed by atoms with van der Waals surface area (Å²) in [6, 6.07) is 3.55. The molecule has 0 spiro atoms. The lowest BCUT2D eigenvalue weighted by molar-refractivity contribution is -0.387. The zero-order valence-electron chi connectivity index (χ0n) is 12.0. The number of aliphatic hydroxyl groups is 1. The summed E-state index contributed by atoms with van der Waals surface area (Å²) in [7, 11) is 2.77. The number of nitrogens with zero attached hydrogens (tertiary/aromatic N) is 1. The van der Waals surface area contributed by atoms with Crippen molar-refractivity contribution in [1.82, 2.24) is 0 Å². The highest BCUT2D eigenvalue weighted by molar-refractivity contribution is 5.55. The Labute approximate surface area is 121 Å². The molecule has 0 aliphatic carbocycles. The van der Waals surface area contributed by atoms with Crippen molar-refractivity contribution in [3.8, 4) is 5.75 Å². The Morgan fingerprint density at radius 3 is 2.62 bits per heavy atom. The molecule has 0 radical (unpaired) electrons. The molecule has 1 aliphatic rings. The van der Waals surface area contributed by atoms with E-state index < -0.39 is 29.0 Å². The lowest BCUT2D eigenvalue weighted by atomic mass is 9.85. The van der Waals surface area contributed by atoms with Gasteiger partial charge in [-0.15, -0.1) is 0 Å². The minimum absolute atomic E-state index is 0.0295. The second-order valence-electron chi connectivity index (χ2n) is 5.01. The lowest BCUT2D eigenvalue weighted by Crippen LogP contribution is -2.61. The first kappa shape index (κ1) is 15.6. The number of aliphatic hydroxyl groups excluding tert-OH is 1. The van der Waals surface area contributed by atoms with E-state index in [1.807, 2.05) is 0 Å². The summed E-state index contributed by atoms with van der Waals surface area (Å²) in [5.74, 6) is 0.0295. The summed E-state index contributed by atoms with van der Waals surface area (Å²) >= 11 is 0. The van der Waals surface area contributed by atoms with Gasteiger partial charge in [0.2, 0.25) is 5.75 Å². The van der Waals surface area contributed by atoms with Gasteiger partial charge in [0, 0.05) is 25.8 Å². The van der Waals surface area contributed by atoms with Crippen molar-refractivity contribution in [3.63, 3.8) is 0 Å². The molecule has 1 heterocycles. The van der Waals surface area contributed by atoms with Crippen LogP contribution < -0.4 is 10.5 Å². The third-order valence-electron chi connectivity index (χ3n) is 3.73. The molecule has 3 atom stereocenters. The van der Waals surface area contributed by atoms with Crippen molar-refractivity contribution in [2.45, 2.75) is 31.0 Å². The van der Waals surface area contributed by atoms with Crippen LogP contribution in [0.1, 0.15) is 18.5 Å². The highest BCUT2D eigenvalue weighted by atomic mass is 16.7. The monoisotopic (exact) mass is 298 g/mol. The van der Waals surface area contributed by atoms with Crippen molar-refractivity contribution >= 4 is 5.69 Å². The van der Waals surface area contributed by atoms with Crippen LogP contribution in [0, 0.1) is 10.1 Å². The Bertz CT molecular complexity index is 547. The van der Waals surface area contributed by atoms with Crippen molar-refractivity contribution in [2.24, 2.45) is 5.73 Å². The van der Waals surface area contributed by atoms with Gasteiger partial charge in [0.25, 0.3) is 0 Å². The molecule has 3 N–H and O–H groups in total. The van der Waals surface area contributed by atoms with Crippen molar-refractivity contribution in [3.05, 3.63) is 33.9 Å². The molecule has 8 nitrogen and oxygen atoms in total. The fourth-order valence-electron chi connectivity index (χ4n) is 2.62. The van der Waals surface area contributed by atoms with Gasteiger partial charge in [0.15, 0.2) is 11.9 Å². The normalized spacial score (nSPS) is 28.1. The number of nitrogens with two attached hydrogens (primary N) is 1. The quantitative estimate of drug-likeness (QED) is 0.478. The number of fused-ring (bicyclic) bond motifs is 1. The maximum absolute atomic E-state index is 11.1. The van der Waals surface area contributed by atoms with Gasteiger partial charge in [0.05, 0.1) is 11.0 Å². The molecule has 0 fully saturated rings. The molecular formula is C13H18N2O6. The molecule has 3 unspecified atom stereocenters. The predicted octanol–water partition coefficient (Wildman–Crippen LogP) is 0.725. The van der Waals surface area contributed by atoms with Gasteiger partial charge in [-0.25, -0.2) is 0 Å². The highest BCUT2D eigenvalue weighted by Crippen LogP contribution is 2.45. The minimum atomic E-state index is -1.37. The summed E-state index contributed by atoms with van der Waals surface area (Å²) in [6.07, 6.45) is -2.09. The first-order chi connectivity index (χ1) is 9.86. The molecule has 0 amide bonds. The van der Waals surface area contributed by atoms with Crippen LogP contribution >= 0.6 is 0 Å². The van der Waals surface area contributed by atoms with Crippen LogP contribution in [-0.2, 0) is 9.47 Å². The van der Waals surface area contributed by atoms with Crippen LogP contribution in [0.15, 0.2) is 18.2 Å². The number of hydrogen-bond donors (Lipinski definition) is 2. The number of nitro benzene ring substituents is 1. The van der Waals surface area contributed by atoms with Gasteiger partial charge < -0.3 is 25.1 Å². The van der Waals surface area contributed by atoms with Gasteiger partial charge in [0.1, 0.15) is 6.10 Å². The van der Waals surface area contributed by atoms with Crippen LogP contribution in [0.25, 0.3) is 0 Å². The van der Waals surface area contributed by atoms with Crippen LogP contribution in [-0.4, -0.2) is 42.2 Å². The fraction of sp³-hybridized carbons (Fsp3) is 0.538. The molecule has 0 saturated carbocycles. The fourth-order valence-corrected chi connectivity index (χ4v) is 2.62. The van der Waals surface area contributed by atoms with Crippen LogP contribution in [0.5, 0.6) is 5.75 Å². The van der Waals surface area contributed by atoms with E-state index in [1.165, 1.54) is 33.3 Å². The smallest absolute Gasteiger partial charge is 0.311 e. The second kappa shape index (κ2) is 5.57. The number of ether oxygens (including phenoxy) is 3. The zero-order chi connectivity index (χ0) is 15.8. The van der Waals surface area contributed by atoms with E-state index in [0.29, 0.717) is 5.56 Å². The van der Waals surface area contributed by atoms with Gasteiger partial charge in [-0.3, -0.25) is 10.1 Å². The van der Waals surface area contributed by atoms with E-state index in [4.69, 9.17) is 19.9 Å². The predicted molar refractivity (Wildman–Crippen MR) is 72.9 cm³/mol. The number of benzene rings is 1. The molecule has 2 rings (SSSR count). The second-order valence-corrected chi connectivity index (χ2v) is 5.01. The first-order valence-electron chi connectivity index (χ1n) is 6.32. The molecule has 116 valence electrons. The van der Waals surface area contributed by atoms with E-state index >= 15 is 0 Å². The first-order valence-corrected chi connectivity index (χ1v) is 6.32. The number of methoxy groups -OCH3 is 2. The summed E-state index contributed by atoms with van der Waals surface area (Å²) < 4.78 is 16.0. The summed E-state index contributed by atoms with van der Waals surface area (Å²) in [6.45, 7) is 1.54. The van der Waals surface area contributed by atoms with Crippen molar-refractivity contribution in [2.75, 3.05) is 14.2 Å². The van der Waals surface area contributed by atoms with Crippen molar-refractivity contribution in [1.29, 1.82) is 0 Å². The standard InChI is InChI=1S/C13H18N2O6/c1-13(12(19-2)20-3)11(16)9(14)7-5-4-6-8(15(17)18)10(7)21-13/h4-6,9,11-12,16H,14H2,1-3H3. The average Bonchev–Trinajstić information content (AvgIpc) is 2.45. The van der Waals surface area contributed by atoms with Crippen LogP contribution in [0.2, 0.25) is 0 Å². The number of rotatable bonds is 4. The van der Waals surface area contributed by atoms with Gasteiger partial charge in [-0.2, -0.15) is 0 Å². The highest BCUT2D eigenvalue weighted by Gasteiger charge is 2.52. The molecule has 0 aromatic heterocycles. The lowest BCUT2D eigenvalue weighted by Gasteiger charge is -2.45. The zero-order valence-corrected chi connectivity index (χ0v) is 12.0. The SMILES string of the molecule is COC(OC)C1(C)Oc2c(cccc2[N+](=O)[O-])C(N)C1O. The van der Waals surface area contributed by atoms with E-state index in [0.717, 1.165) is 0 Å². The van der Waals surface area contributed by atoms with Crippen LogP contribution in [0.3, 0.4) is 0 Å². The number of nitro groups is 1. The third kappa shape index (κ3) is 2.36. The topological polar surface area (TPSA) is 117 Å². The van der Waals surface area contributed by atoms with Crippen LogP contribution in [0.4, 0.5) is 5.69 Å². The maximum atomic E-state index is 11.1. The maximum Gasteiger partial charge on any atom is 0.311 e. The Kier molecular flexibility index (Phi) is 4.15. The summed E-state index contributed by atoms with van der Waals surface area (Å²) in [5.41, 5.74) is 4.80. The molecular weight excluding hydrogens is 280 g/mol. The molecule has 1 aliphatic heterocycles. The molecule has 0 bridgehead atoms. The number of para-hydroxylation sites is 1. The van der Waals surface area contributed by atoms with Gasteiger partial charge >= 0.3 is 5.69 Å². The van der Waals surface area contributed by atoms with E-state index in [9.17, 15) is 15.2 Å². The Balaban J connectivity index is 2.57. The summed E-state index contributed by atoms with van der Waals surface area (Å²) in [4.78, 5) is 10.6. The van der Waals surface area contributed by atoms with E-state index in [2.05, 4.69) is 0 Å². The Morgan fingerprint density at radius 2 is 2.10 bits per heavy atom. The van der Waals surface area contributed by atoms with E-state index in [-0.39, 0.29) is 11.4 Å². The third-order valence-corrected chi connectivity index (χ3v) is 3.73. The Hall–Kier alpha value is -1.74. The van der Waals surface area contributed by atoms with Gasteiger partial charge in [-0.1, -0.05) is 12.1 Å². The molecule has 21 heavy (non-hydrogen) atoms. The Morgan fingerprint density at radius 1 is 1.48 bits per heavy atom. The minimum Gasteiger partial charge on any atom is -0.472 e. The summed E-state index contributed by atoms with van der Waals surface area (Å²) in [5, 5.41) is 21.6. The van der Waals surface area contributed by atoms with Crippen molar-refractivity contribution < 1.29 is 24.2 Å². The average molecular weight is 298 g/mol. The molecule has 1 aromatic carbocycles. The molecule has 8 heteroatoms. The van der Waals surface area contributed by atoms with E-state index in [1.54, 1.807) is 6.07 Å². The number of hydrogen-bond acceptors (Lipinski definition) is 7. The van der Waals surface area contributed by atoms with Gasteiger partial charge in [-0.05, 0) is 6.92 Å². The molecule has 0 saturated heterocycles. The molecule has 1 aromatic rings.